The van der Waals surface area contributed by atoms with Crippen LogP contribution in [-0.4, -0.2) is 26.0 Å². The van der Waals surface area contributed by atoms with E-state index in [-0.39, 0.29) is 13.0 Å². The molecule has 1 rings (SSSR count). The molecule has 0 aliphatic rings. The fourth-order valence-electron chi connectivity index (χ4n) is 1.31. The molecule has 0 aliphatic heterocycles. The quantitative estimate of drug-likeness (QED) is 0.802. The van der Waals surface area contributed by atoms with E-state index in [4.69, 9.17) is 10.2 Å². The Labute approximate surface area is 99.8 Å². The lowest BCUT2D eigenvalue weighted by atomic mass is 10.2. The number of nitrogens with two attached hydrogens (primary N) is 1. The number of carbonyl (C=O) groups is 1. The van der Waals surface area contributed by atoms with Crippen LogP contribution in [0.4, 0.5) is 5.69 Å². The highest BCUT2D eigenvalue weighted by molar-refractivity contribution is 7.90. The van der Waals surface area contributed by atoms with Crippen molar-refractivity contribution in [2.24, 2.45) is 5.14 Å². The summed E-state index contributed by atoms with van der Waals surface area (Å²) < 4.78 is 23.6. The Bertz CT molecular complexity index is 496. The van der Waals surface area contributed by atoms with Gasteiger partial charge in [-0.2, -0.15) is 8.42 Å². The zero-order valence-corrected chi connectivity index (χ0v) is 10.1. The molecule has 17 heavy (non-hydrogen) atoms. The molecule has 0 radical (unpaired) electrons. The number of benzene rings is 1. The minimum absolute atomic E-state index is 0.183. The number of carboxylic acids is 1. The lowest BCUT2D eigenvalue weighted by Crippen LogP contribution is -2.38. The summed E-state index contributed by atoms with van der Waals surface area (Å²) in [7, 11) is -3.96. The van der Waals surface area contributed by atoms with Crippen LogP contribution in [-0.2, 0) is 15.0 Å². The van der Waals surface area contributed by atoms with Crippen molar-refractivity contribution >= 4 is 21.9 Å². The number of anilines is 1. The third-order valence-electron chi connectivity index (χ3n) is 2.16. The van der Waals surface area contributed by atoms with E-state index in [2.05, 4.69) is 0 Å². The zero-order chi connectivity index (χ0) is 13.1. The minimum Gasteiger partial charge on any atom is -0.481 e. The predicted octanol–water partition coefficient (Wildman–Crippen LogP) is 0.480. The van der Waals surface area contributed by atoms with Crippen molar-refractivity contribution in [1.29, 1.82) is 0 Å². The van der Waals surface area contributed by atoms with E-state index >= 15 is 0 Å². The Morgan fingerprint density at radius 3 is 2.29 bits per heavy atom. The standard InChI is InChI=1S/C10H14N2O4S/c1-8-2-4-9(5-3-8)12(17(11,15)16)7-6-10(13)14/h2-5H,6-7H2,1H3,(H,13,14)(H2,11,15,16). The molecule has 0 fully saturated rings. The number of hydrogen-bond donors (Lipinski definition) is 2. The lowest BCUT2D eigenvalue weighted by molar-refractivity contribution is -0.136. The van der Waals surface area contributed by atoms with Crippen LogP contribution in [0.25, 0.3) is 0 Å². The Morgan fingerprint density at radius 1 is 1.35 bits per heavy atom. The van der Waals surface area contributed by atoms with E-state index in [1.165, 1.54) is 0 Å². The highest BCUT2D eigenvalue weighted by atomic mass is 32.2. The van der Waals surface area contributed by atoms with E-state index in [0.29, 0.717) is 5.69 Å². The summed E-state index contributed by atoms with van der Waals surface area (Å²) in [6.07, 6.45) is -0.301. The first-order chi connectivity index (χ1) is 7.80. The number of nitrogens with zero attached hydrogens (tertiary/aromatic N) is 1. The van der Waals surface area contributed by atoms with Gasteiger partial charge in [0.2, 0.25) is 0 Å². The normalized spacial score (nSPS) is 11.2. The van der Waals surface area contributed by atoms with Crippen LogP contribution in [0.2, 0.25) is 0 Å². The van der Waals surface area contributed by atoms with Gasteiger partial charge in [-0.05, 0) is 19.1 Å². The molecule has 0 heterocycles. The molecule has 0 saturated heterocycles. The molecule has 0 aliphatic carbocycles. The summed E-state index contributed by atoms with van der Waals surface area (Å²) in [4.78, 5) is 10.5. The van der Waals surface area contributed by atoms with Crippen LogP contribution in [0.3, 0.4) is 0 Å². The maximum Gasteiger partial charge on any atom is 0.305 e. The van der Waals surface area contributed by atoms with Gasteiger partial charge in [0.1, 0.15) is 0 Å². The van der Waals surface area contributed by atoms with Gasteiger partial charge < -0.3 is 5.11 Å². The second kappa shape index (κ2) is 5.15. The summed E-state index contributed by atoms with van der Waals surface area (Å²) in [6, 6.07) is 6.63. The van der Waals surface area contributed by atoms with Gasteiger partial charge in [-0.3, -0.25) is 9.10 Å². The van der Waals surface area contributed by atoms with Crippen LogP contribution < -0.4 is 9.44 Å². The summed E-state index contributed by atoms with van der Waals surface area (Å²) >= 11 is 0. The third-order valence-corrected chi connectivity index (χ3v) is 3.17. The van der Waals surface area contributed by atoms with Crippen molar-refractivity contribution < 1.29 is 18.3 Å². The highest BCUT2D eigenvalue weighted by Crippen LogP contribution is 2.17. The number of hydrogen-bond acceptors (Lipinski definition) is 3. The molecular formula is C10H14N2O4S. The highest BCUT2D eigenvalue weighted by Gasteiger charge is 2.18. The number of aliphatic carboxylic acids is 1. The summed E-state index contributed by atoms with van der Waals surface area (Å²) in [5, 5.41) is 13.6. The largest absolute Gasteiger partial charge is 0.481 e. The minimum atomic E-state index is -3.96. The average molecular weight is 258 g/mol. The van der Waals surface area contributed by atoms with Gasteiger partial charge in [0.25, 0.3) is 10.2 Å². The van der Waals surface area contributed by atoms with E-state index in [1.807, 2.05) is 6.92 Å². The Kier molecular flexibility index (Phi) is 4.08. The second-order valence-electron chi connectivity index (χ2n) is 3.60. The van der Waals surface area contributed by atoms with Gasteiger partial charge in [0.15, 0.2) is 0 Å². The van der Waals surface area contributed by atoms with E-state index < -0.39 is 16.2 Å². The molecular weight excluding hydrogens is 244 g/mol. The summed E-state index contributed by atoms with van der Waals surface area (Å²) in [5.74, 6) is -1.08. The zero-order valence-electron chi connectivity index (χ0n) is 9.33. The van der Waals surface area contributed by atoms with Crippen molar-refractivity contribution in [3.8, 4) is 0 Å². The molecule has 0 saturated carbocycles. The first kappa shape index (κ1) is 13.5. The van der Waals surface area contributed by atoms with E-state index in [1.54, 1.807) is 24.3 Å². The van der Waals surface area contributed by atoms with Gasteiger partial charge in [-0.15, -0.1) is 0 Å². The molecule has 94 valence electrons. The Balaban J connectivity index is 2.98. The number of rotatable bonds is 5. The molecule has 0 atom stereocenters. The monoisotopic (exact) mass is 258 g/mol. The maximum absolute atomic E-state index is 11.3. The van der Waals surface area contributed by atoms with Crippen LogP contribution in [0.5, 0.6) is 0 Å². The molecule has 0 aromatic heterocycles. The predicted molar refractivity (Wildman–Crippen MR) is 63.9 cm³/mol. The molecule has 0 amide bonds. The molecule has 0 bridgehead atoms. The third kappa shape index (κ3) is 4.04. The number of aryl methyl sites for hydroxylation is 1. The average Bonchev–Trinajstić information content (AvgIpc) is 2.18. The molecule has 0 unspecified atom stereocenters. The van der Waals surface area contributed by atoms with Gasteiger partial charge >= 0.3 is 5.97 Å². The Morgan fingerprint density at radius 2 is 1.88 bits per heavy atom. The molecule has 3 N–H and O–H groups in total. The molecule has 7 heteroatoms. The fourth-order valence-corrected chi connectivity index (χ4v) is 2.07. The Hall–Kier alpha value is -1.60. The fraction of sp³-hybridized carbons (Fsp3) is 0.300. The number of carboxylic acid groups (broad SMARTS) is 1. The molecule has 0 spiro atoms. The van der Waals surface area contributed by atoms with Gasteiger partial charge in [0.05, 0.1) is 12.1 Å². The van der Waals surface area contributed by atoms with Crippen LogP contribution in [0.15, 0.2) is 24.3 Å². The SMILES string of the molecule is Cc1ccc(N(CCC(=O)O)S(N)(=O)=O)cc1. The van der Waals surface area contributed by atoms with E-state index in [0.717, 1.165) is 9.87 Å². The first-order valence-electron chi connectivity index (χ1n) is 4.89. The van der Waals surface area contributed by atoms with Crippen molar-refractivity contribution in [2.75, 3.05) is 10.8 Å². The van der Waals surface area contributed by atoms with Crippen molar-refractivity contribution in [3.63, 3.8) is 0 Å². The second-order valence-corrected chi connectivity index (χ2v) is 5.07. The van der Waals surface area contributed by atoms with Gasteiger partial charge in [0, 0.05) is 6.54 Å². The van der Waals surface area contributed by atoms with Crippen LogP contribution in [0.1, 0.15) is 12.0 Å². The molecule has 1 aromatic rings. The van der Waals surface area contributed by atoms with Crippen LogP contribution >= 0.6 is 0 Å². The summed E-state index contributed by atoms with van der Waals surface area (Å²) in [5.41, 5.74) is 1.33. The van der Waals surface area contributed by atoms with Crippen LogP contribution in [0, 0.1) is 6.92 Å². The summed E-state index contributed by atoms with van der Waals surface area (Å²) in [6.45, 7) is 1.68. The molecule has 6 nitrogen and oxygen atoms in total. The van der Waals surface area contributed by atoms with E-state index in [9.17, 15) is 13.2 Å². The first-order valence-corrected chi connectivity index (χ1v) is 6.40. The topological polar surface area (TPSA) is 101 Å². The van der Waals surface area contributed by atoms with Gasteiger partial charge in [-0.25, -0.2) is 5.14 Å². The smallest absolute Gasteiger partial charge is 0.305 e. The van der Waals surface area contributed by atoms with Crippen molar-refractivity contribution in [3.05, 3.63) is 29.8 Å². The lowest BCUT2D eigenvalue weighted by Gasteiger charge is -2.21. The maximum atomic E-state index is 11.3. The van der Waals surface area contributed by atoms with Crippen molar-refractivity contribution in [1.82, 2.24) is 0 Å². The molecule has 1 aromatic carbocycles. The van der Waals surface area contributed by atoms with Crippen molar-refractivity contribution in [2.45, 2.75) is 13.3 Å². The van der Waals surface area contributed by atoms with Gasteiger partial charge in [-0.1, -0.05) is 17.7 Å².